The first kappa shape index (κ1) is 17.3. The number of allylic oxidation sites excluding steroid dienone is 1. The van der Waals surface area contributed by atoms with Gasteiger partial charge in [0.15, 0.2) is 0 Å². The van der Waals surface area contributed by atoms with Crippen molar-refractivity contribution in [2.45, 2.75) is 5.92 Å². The van der Waals surface area contributed by atoms with Crippen LogP contribution in [0.5, 0.6) is 0 Å². The molecule has 3 nitrogen and oxygen atoms in total. The average molecular weight is 342 g/mol. The summed E-state index contributed by atoms with van der Waals surface area (Å²) in [5.74, 6) is -1.20. The molecule has 0 aliphatic carbocycles. The van der Waals surface area contributed by atoms with Gasteiger partial charge in [0, 0.05) is 24.9 Å². The van der Waals surface area contributed by atoms with Gasteiger partial charge in [0.1, 0.15) is 18.3 Å². The van der Waals surface area contributed by atoms with Gasteiger partial charge in [-0.2, -0.15) is 0 Å². The Labute approximate surface area is 146 Å². The van der Waals surface area contributed by atoms with Crippen molar-refractivity contribution in [2.75, 3.05) is 26.4 Å². The van der Waals surface area contributed by atoms with E-state index in [2.05, 4.69) is 4.99 Å². The van der Waals surface area contributed by atoms with Gasteiger partial charge in [-0.05, 0) is 29.3 Å². The highest BCUT2D eigenvalue weighted by atomic mass is 19.1. The molecule has 130 valence electrons. The average Bonchev–Trinajstić information content (AvgIpc) is 2.64. The van der Waals surface area contributed by atoms with Crippen LogP contribution in [-0.4, -0.2) is 37.5 Å². The maximum absolute atomic E-state index is 14.2. The first-order valence-corrected chi connectivity index (χ1v) is 8.23. The Morgan fingerprint density at radius 1 is 1.00 bits per heavy atom. The minimum Gasteiger partial charge on any atom is -0.379 e. The van der Waals surface area contributed by atoms with Crippen molar-refractivity contribution in [1.82, 2.24) is 4.90 Å². The lowest BCUT2D eigenvalue weighted by molar-refractivity contribution is 0.110. The van der Waals surface area contributed by atoms with Crippen LogP contribution in [0.3, 0.4) is 0 Å². The molecule has 1 heterocycles. The zero-order valence-electron chi connectivity index (χ0n) is 13.8. The van der Waals surface area contributed by atoms with Crippen molar-refractivity contribution in [3.05, 3.63) is 83.6 Å². The molecule has 0 radical (unpaired) electrons. The van der Waals surface area contributed by atoms with Crippen molar-refractivity contribution in [3.63, 3.8) is 0 Å². The Hall–Kier alpha value is -2.53. The van der Waals surface area contributed by atoms with Crippen molar-refractivity contribution in [2.24, 2.45) is 4.99 Å². The predicted molar refractivity (Wildman–Crippen MR) is 94.7 cm³/mol. The van der Waals surface area contributed by atoms with E-state index in [1.807, 2.05) is 17.2 Å². The number of benzene rings is 2. The topological polar surface area (TPSA) is 24.8 Å². The van der Waals surface area contributed by atoms with Crippen LogP contribution in [0.2, 0.25) is 0 Å². The van der Waals surface area contributed by atoms with Gasteiger partial charge < -0.3 is 9.64 Å². The molecule has 0 amide bonds. The highest BCUT2D eigenvalue weighted by molar-refractivity contribution is 5.71. The number of hydrogen-bond acceptors (Lipinski definition) is 3. The molecule has 2 aromatic rings. The summed E-state index contributed by atoms with van der Waals surface area (Å²) < 4.78 is 34.2. The molecule has 25 heavy (non-hydrogen) atoms. The molecule has 0 spiro atoms. The van der Waals surface area contributed by atoms with Gasteiger partial charge in [0.25, 0.3) is 0 Å². The van der Waals surface area contributed by atoms with Gasteiger partial charge in [-0.1, -0.05) is 36.4 Å². The van der Waals surface area contributed by atoms with Crippen LogP contribution in [0, 0.1) is 11.6 Å². The molecule has 0 unspecified atom stereocenters. The second kappa shape index (κ2) is 8.53. The number of aliphatic imine (C=N–C) groups is 1. The van der Waals surface area contributed by atoms with E-state index in [0.29, 0.717) is 30.9 Å². The third-order valence-electron chi connectivity index (χ3n) is 4.12. The Kier molecular flexibility index (Phi) is 5.90. The first-order valence-electron chi connectivity index (χ1n) is 8.23. The minimum absolute atomic E-state index is 0.211. The molecule has 2 aromatic carbocycles. The minimum atomic E-state index is -0.489. The molecule has 1 aliphatic rings. The van der Waals surface area contributed by atoms with Crippen molar-refractivity contribution < 1.29 is 13.5 Å². The number of rotatable bonds is 7. The maximum atomic E-state index is 14.2. The Morgan fingerprint density at radius 3 is 2.20 bits per heavy atom. The van der Waals surface area contributed by atoms with E-state index in [4.69, 9.17) is 4.74 Å². The molecule has 5 heteroatoms. The normalized spacial score (nSPS) is 13.6. The fraction of sp³-hybridized carbons (Fsp3) is 0.250. The molecule has 0 N–H and O–H groups in total. The monoisotopic (exact) mass is 342 g/mol. The molecule has 0 fully saturated rings. The molecule has 0 saturated heterocycles. The number of nitrogens with zero attached hydrogens (tertiary/aromatic N) is 2. The highest BCUT2D eigenvalue weighted by Crippen LogP contribution is 2.29. The van der Waals surface area contributed by atoms with Crippen molar-refractivity contribution in [1.29, 1.82) is 0 Å². The summed E-state index contributed by atoms with van der Waals surface area (Å²) in [5.41, 5.74) is 0.880. The number of ether oxygens (including phenoxy) is 1. The van der Waals surface area contributed by atoms with Crippen LogP contribution < -0.4 is 0 Å². The quantitative estimate of drug-likeness (QED) is 0.711. The second-order valence-corrected chi connectivity index (χ2v) is 5.80. The third kappa shape index (κ3) is 4.51. The summed E-state index contributed by atoms with van der Waals surface area (Å²) in [5, 5.41) is 0. The summed E-state index contributed by atoms with van der Waals surface area (Å²) in [6, 6.07) is 12.9. The molecule has 3 rings (SSSR count). The van der Waals surface area contributed by atoms with E-state index in [1.165, 1.54) is 12.1 Å². The van der Waals surface area contributed by atoms with E-state index in [9.17, 15) is 8.78 Å². The lowest BCUT2D eigenvalue weighted by atomic mass is 9.91. The molecule has 0 aromatic heterocycles. The van der Waals surface area contributed by atoms with E-state index >= 15 is 0 Å². The Balaban J connectivity index is 1.69. The molecule has 1 aliphatic heterocycles. The second-order valence-electron chi connectivity index (χ2n) is 5.80. The van der Waals surface area contributed by atoms with Gasteiger partial charge >= 0.3 is 0 Å². The van der Waals surface area contributed by atoms with E-state index in [-0.39, 0.29) is 18.2 Å². The van der Waals surface area contributed by atoms with Gasteiger partial charge in [-0.3, -0.25) is 4.99 Å². The SMILES string of the molecule is Fc1ccccc1C(COCCN1C=CC=NC1)c1ccccc1F. The molecule has 0 bridgehead atoms. The van der Waals surface area contributed by atoms with Crippen LogP contribution in [0.4, 0.5) is 8.78 Å². The zero-order chi connectivity index (χ0) is 17.5. The maximum Gasteiger partial charge on any atom is 0.127 e. The fourth-order valence-electron chi connectivity index (χ4n) is 2.81. The van der Waals surface area contributed by atoms with Gasteiger partial charge in [-0.25, -0.2) is 8.78 Å². The van der Waals surface area contributed by atoms with Gasteiger partial charge in [-0.15, -0.1) is 0 Å². The first-order chi connectivity index (χ1) is 12.3. The summed E-state index contributed by atoms with van der Waals surface area (Å²) >= 11 is 0. The van der Waals surface area contributed by atoms with Crippen LogP contribution in [0.1, 0.15) is 17.0 Å². The number of halogens is 2. The standard InChI is InChI=1S/C20H20F2N2O/c21-19-8-3-1-6-16(19)18(17-7-2-4-9-20(17)22)14-25-13-12-24-11-5-10-23-15-24/h1-11,18H,12-15H2. The zero-order valence-corrected chi connectivity index (χ0v) is 13.8. The summed E-state index contributed by atoms with van der Waals surface area (Å²) in [7, 11) is 0. The Morgan fingerprint density at radius 2 is 1.64 bits per heavy atom. The van der Waals surface area contributed by atoms with E-state index in [0.717, 1.165) is 0 Å². The molecular weight excluding hydrogens is 322 g/mol. The largest absolute Gasteiger partial charge is 0.379 e. The summed E-state index contributed by atoms with van der Waals surface area (Å²) in [4.78, 5) is 6.17. The molecular formula is C20H20F2N2O. The highest BCUT2D eigenvalue weighted by Gasteiger charge is 2.21. The predicted octanol–water partition coefficient (Wildman–Crippen LogP) is 3.97. The van der Waals surface area contributed by atoms with Crippen LogP contribution in [0.15, 0.2) is 65.8 Å². The lowest BCUT2D eigenvalue weighted by Gasteiger charge is -2.22. The van der Waals surface area contributed by atoms with Crippen LogP contribution in [-0.2, 0) is 4.74 Å². The fourth-order valence-corrected chi connectivity index (χ4v) is 2.81. The molecule has 0 atom stereocenters. The van der Waals surface area contributed by atoms with Crippen molar-refractivity contribution in [3.8, 4) is 0 Å². The lowest BCUT2D eigenvalue weighted by Crippen LogP contribution is -2.25. The van der Waals surface area contributed by atoms with Crippen molar-refractivity contribution >= 4 is 6.21 Å². The smallest absolute Gasteiger partial charge is 0.127 e. The summed E-state index contributed by atoms with van der Waals surface area (Å²) in [6.07, 6.45) is 5.57. The Bertz CT molecular complexity index is 715. The third-order valence-corrected chi connectivity index (χ3v) is 4.12. The van der Waals surface area contributed by atoms with Gasteiger partial charge in [0.2, 0.25) is 0 Å². The number of hydrogen-bond donors (Lipinski definition) is 0. The molecule has 0 saturated carbocycles. The summed E-state index contributed by atoms with van der Waals surface area (Å²) in [6.45, 7) is 1.95. The van der Waals surface area contributed by atoms with E-state index < -0.39 is 5.92 Å². The van der Waals surface area contributed by atoms with Crippen LogP contribution in [0.25, 0.3) is 0 Å². The van der Waals surface area contributed by atoms with Crippen LogP contribution >= 0.6 is 0 Å². The van der Waals surface area contributed by atoms with Gasteiger partial charge in [0.05, 0.1) is 13.2 Å². The van der Waals surface area contributed by atoms with E-state index in [1.54, 1.807) is 42.6 Å².